The Morgan fingerprint density at radius 1 is 0.872 bits per heavy atom. The van der Waals surface area contributed by atoms with Gasteiger partial charge in [-0.15, -0.1) is 0 Å². The average Bonchev–Trinajstić information content (AvgIpc) is 2.93. The zero-order valence-corrected chi connectivity index (χ0v) is 23.3. The Bertz CT molecular complexity index is 1230. The van der Waals surface area contributed by atoms with Crippen LogP contribution in [-0.2, 0) is 6.54 Å². The minimum Gasteiger partial charge on any atom is -0.334 e. The Kier molecular flexibility index (Phi) is 9.36. The average molecular weight is 531 g/mol. The molecular weight excluding hydrogens is 491 g/mol. The van der Waals surface area contributed by atoms with Crippen molar-refractivity contribution in [3.05, 3.63) is 101 Å². The van der Waals surface area contributed by atoms with Crippen molar-refractivity contribution in [3.63, 3.8) is 0 Å². The van der Waals surface area contributed by atoms with Gasteiger partial charge in [0.2, 0.25) is 0 Å². The molecule has 0 atom stereocenters. The van der Waals surface area contributed by atoms with Crippen molar-refractivity contribution in [2.24, 2.45) is 0 Å². The summed E-state index contributed by atoms with van der Waals surface area (Å²) < 4.78 is 14.4. The molecule has 2 amide bonds. The summed E-state index contributed by atoms with van der Waals surface area (Å²) >= 11 is 0. The molecule has 0 aliphatic carbocycles. The Morgan fingerprint density at radius 2 is 1.46 bits per heavy atom. The van der Waals surface area contributed by atoms with Crippen LogP contribution in [0.15, 0.2) is 78.9 Å². The second-order valence-electron chi connectivity index (χ2n) is 10.7. The van der Waals surface area contributed by atoms with Crippen molar-refractivity contribution in [2.75, 3.05) is 18.1 Å². The number of halogens is 1. The maximum absolute atomic E-state index is 14.4. The first-order valence-electron chi connectivity index (χ1n) is 13.8. The summed E-state index contributed by atoms with van der Waals surface area (Å²) in [5, 5.41) is 1.85. The summed E-state index contributed by atoms with van der Waals surface area (Å²) in [5.74, 6) is -1.08. The van der Waals surface area contributed by atoms with Gasteiger partial charge in [0.1, 0.15) is 5.82 Å². The van der Waals surface area contributed by atoms with Crippen LogP contribution < -0.4 is 10.4 Å². The van der Waals surface area contributed by atoms with Crippen LogP contribution in [0.2, 0.25) is 0 Å². The number of likely N-dealkylation sites (tertiary alicyclic amines) is 1. The molecule has 0 bridgehead atoms. The second kappa shape index (κ2) is 12.9. The van der Waals surface area contributed by atoms with Gasteiger partial charge in [-0.1, -0.05) is 42.5 Å². The standard InChI is InChI=1S/C32H39FN4O2/c1-23(2)36(24(3)4)32(39)26-14-16-27(17-15-26)37(34-31(38)29-12-8-9-13-30(29)33)28-18-20-35(21-19-28)22-25-10-6-5-7-11-25/h5-17,23-24,28H,18-22H2,1-4H3,(H,34,38). The Hall–Kier alpha value is -3.71. The third-order valence-electron chi connectivity index (χ3n) is 7.25. The number of amides is 2. The maximum atomic E-state index is 14.4. The molecular formula is C32H39FN4O2. The smallest absolute Gasteiger partial charge is 0.272 e. The number of nitrogens with zero attached hydrogens (tertiary/aromatic N) is 3. The van der Waals surface area contributed by atoms with Crippen molar-refractivity contribution in [1.82, 2.24) is 15.2 Å². The van der Waals surface area contributed by atoms with Crippen LogP contribution >= 0.6 is 0 Å². The summed E-state index contributed by atoms with van der Waals surface area (Å²) in [6.45, 7) is 10.7. The quantitative estimate of drug-likeness (QED) is 0.350. The van der Waals surface area contributed by atoms with Gasteiger partial charge in [0, 0.05) is 37.3 Å². The molecule has 1 fully saturated rings. The predicted octanol–water partition coefficient (Wildman–Crippen LogP) is 5.90. The summed E-state index contributed by atoms with van der Waals surface area (Å²) in [5.41, 5.74) is 5.61. The van der Waals surface area contributed by atoms with Crippen LogP contribution in [0.5, 0.6) is 0 Å². The third-order valence-corrected chi connectivity index (χ3v) is 7.25. The van der Waals surface area contributed by atoms with E-state index >= 15 is 0 Å². The van der Waals surface area contributed by atoms with Crippen molar-refractivity contribution < 1.29 is 14.0 Å². The summed E-state index contributed by atoms with van der Waals surface area (Å²) in [6.07, 6.45) is 1.67. The molecule has 1 N–H and O–H groups in total. The van der Waals surface area contributed by atoms with E-state index in [-0.39, 0.29) is 29.6 Å². The lowest BCUT2D eigenvalue weighted by molar-refractivity contribution is 0.0643. The molecule has 1 aliphatic rings. The first kappa shape index (κ1) is 28.3. The minimum absolute atomic E-state index is 0.000296. The number of hydrogen-bond donors (Lipinski definition) is 1. The molecule has 3 aromatic rings. The molecule has 6 nitrogen and oxygen atoms in total. The van der Waals surface area contributed by atoms with E-state index in [2.05, 4.69) is 34.6 Å². The molecule has 1 aliphatic heterocycles. The lowest BCUT2D eigenvalue weighted by Crippen LogP contribution is -2.53. The first-order chi connectivity index (χ1) is 18.7. The van der Waals surface area contributed by atoms with Crippen molar-refractivity contribution in [1.29, 1.82) is 0 Å². The van der Waals surface area contributed by atoms with E-state index in [0.29, 0.717) is 5.56 Å². The molecule has 7 heteroatoms. The molecule has 0 aromatic heterocycles. The number of carbonyl (C=O) groups is 2. The van der Waals surface area contributed by atoms with E-state index in [4.69, 9.17) is 0 Å². The highest BCUT2D eigenvalue weighted by Crippen LogP contribution is 2.25. The normalized spacial score (nSPS) is 14.4. The molecule has 39 heavy (non-hydrogen) atoms. The van der Waals surface area contributed by atoms with Crippen molar-refractivity contribution >= 4 is 17.5 Å². The van der Waals surface area contributed by atoms with Crippen molar-refractivity contribution in [2.45, 2.75) is 65.2 Å². The lowest BCUT2D eigenvalue weighted by atomic mass is 10.0. The fourth-order valence-electron chi connectivity index (χ4n) is 5.34. The topological polar surface area (TPSA) is 55.9 Å². The van der Waals surface area contributed by atoms with E-state index in [9.17, 15) is 14.0 Å². The lowest BCUT2D eigenvalue weighted by Gasteiger charge is -2.39. The molecule has 1 heterocycles. The number of carbonyl (C=O) groups excluding carboxylic acids is 2. The highest BCUT2D eigenvalue weighted by molar-refractivity contribution is 5.96. The van der Waals surface area contributed by atoms with E-state index < -0.39 is 11.7 Å². The van der Waals surface area contributed by atoms with Gasteiger partial charge in [0.25, 0.3) is 11.8 Å². The van der Waals surface area contributed by atoms with Gasteiger partial charge >= 0.3 is 0 Å². The molecule has 0 radical (unpaired) electrons. The first-order valence-corrected chi connectivity index (χ1v) is 13.8. The SMILES string of the molecule is CC(C)N(C(=O)c1ccc(N(NC(=O)c2ccccc2F)C2CCN(Cc3ccccc3)CC2)cc1)C(C)C. The highest BCUT2D eigenvalue weighted by atomic mass is 19.1. The van der Waals surface area contributed by atoms with Crippen LogP contribution in [0.4, 0.5) is 10.1 Å². The monoisotopic (exact) mass is 530 g/mol. The van der Waals surface area contributed by atoms with Crippen LogP contribution in [-0.4, -0.2) is 52.8 Å². The van der Waals surface area contributed by atoms with Gasteiger partial charge in [0.15, 0.2) is 0 Å². The zero-order chi connectivity index (χ0) is 27.9. The van der Waals surface area contributed by atoms with Gasteiger partial charge in [-0.05, 0) is 82.5 Å². The fraction of sp³-hybridized carbons (Fsp3) is 0.375. The third kappa shape index (κ3) is 7.03. The number of benzene rings is 3. The second-order valence-corrected chi connectivity index (χ2v) is 10.7. The number of hydrazine groups is 1. The Balaban J connectivity index is 1.54. The minimum atomic E-state index is -0.559. The number of hydrogen-bond acceptors (Lipinski definition) is 4. The Morgan fingerprint density at radius 3 is 2.05 bits per heavy atom. The van der Waals surface area contributed by atoms with Crippen molar-refractivity contribution in [3.8, 4) is 0 Å². The fourth-order valence-corrected chi connectivity index (χ4v) is 5.34. The molecule has 0 saturated carbocycles. The summed E-state index contributed by atoms with van der Waals surface area (Å²) in [6, 6.07) is 23.9. The number of rotatable bonds is 9. The molecule has 0 spiro atoms. The number of anilines is 1. The van der Waals surface area contributed by atoms with Gasteiger partial charge in [-0.25, -0.2) is 4.39 Å². The van der Waals surface area contributed by atoms with Gasteiger partial charge in [0.05, 0.1) is 17.3 Å². The van der Waals surface area contributed by atoms with Gasteiger partial charge in [-0.2, -0.15) is 0 Å². The molecule has 206 valence electrons. The van der Waals surface area contributed by atoms with E-state index in [1.54, 1.807) is 12.1 Å². The summed E-state index contributed by atoms with van der Waals surface area (Å²) in [4.78, 5) is 30.6. The zero-order valence-electron chi connectivity index (χ0n) is 23.3. The summed E-state index contributed by atoms with van der Waals surface area (Å²) in [7, 11) is 0. The molecule has 4 rings (SSSR count). The van der Waals surface area contributed by atoms with E-state index in [1.807, 2.05) is 67.9 Å². The van der Waals surface area contributed by atoms with Gasteiger partial charge < -0.3 is 4.90 Å². The molecule has 1 saturated heterocycles. The predicted molar refractivity (Wildman–Crippen MR) is 154 cm³/mol. The van der Waals surface area contributed by atoms with Crippen LogP contribution in [0.1, 0.15) is 66.8 Å². The highest BCUT2D eigenvalue weighted by Gasteiger charge is 2.28. The van der Waals surface area contributed by atoms with E-state index in [1.165, 1.54) is 17.7 Å². The van der Waals surface area contributed by atoms with Crippen LogP contribution in [0.3, 0.4) is 0 Å². The van der Waals surface area contributed by atoms with Crippen LogP contribution in [0.25, 0.3) is 0 Å². The largest absolute Gasteiger partial charge is 0.334 e. The van der Waals surface area contributed by atoms with Gasteiger partial charge in [-0.3, -0.25) is 24.9 Å². The van der Waals surface area contributed by atoms with E-state index in [0.717, 1.165) is 38.2 Å². The number of nitrogens with one attached hydrogen (secondary N) is 1. The number of piperidine rings is 1. The Labute approximate surface area is 231 Å². The maximum Gasteiger partial charge on any atom is 0.272 e. The molecule has 3 aromatic carbocycles. The van der Waals surface area contributed by atoms with Crippen LogP contribution in [0, 0.1) is 5.82 Å². The molecule has 0 unspecified atom stereocenters.